The topological polar surface area (TPSA) is 59.3 Å². The molecule has 0 saturated carbocycles. The molecule has 1 aromatic heterocycles. The van der Waals surface area contributed by atoms with Gasteiger partial charge in [-0.3, -0.25) is 4.90 Å². The van der Waals surface area contributed by atoms with E-state index in [0.29, 0.717) is 5.92 Å². The number of para-hydroxylation sites is 1. The van der Waals surface area contributed by atoms with Crippen molar-refractivity contribution in [1.29, 1.82) is 0 Å². The van der Waals surface area contributed by atoms with Gasteiger partial charge in [-0.15, -0.1) is 5.10 Å². The summed E-state index contributed by atoms with van der Waals surface area (Å²) in [6.07, 6.45) is 2.48. The molecule has 0 spiro atoms. The summed E-state index contributed by atoms with van der Waals surface area (Å²) in [5.41, 5.74) is 1.31. The summed E-state index contributed by atoms with van der Waals surface area (Å²) >= 11 is 0. The van der Waals surface area contributed by atoms with Gasteiger partial charge in [0.25, 0.3) is 0 Å². The molecule has 0 unspecified atom stereocenters. The summed E-state index contributed by atoms with van der Waals surface area (Å²) < 4.78 is 7.77. The van der Waals surface area contributed by atoms with Gasteiger partial charge in [-0.05, 0) is 41.3 Å². The first-order valence-corrected chi connectivity index (χ1v) is 10.1. The Hall–Kier alpha value is -1.99. The number of anilines is 1. The molecule has 2 atom stereocenters. The van der Waals surface area contributed by atoms with Crippen molar-refractivity contribution in [1.82, 2.24) is 25.1 Å². The minimum Gasteiger partial charge on any atom is -0.376 e. The molecule has 27 heavy (non-hydrogen) atoms. The fraction of sp³-hybridized carbons (Fsp3) is 0.650. The predicted octanol–water partition coefficient (Wildman–Crippen LogP) is 2.37. The summed E-state index contributed by atoms with van der Waals surface area (Å²) in [5.74, 6) is 1.43. The van der Waals surface area contributed by atoms with Crippen LogP contribution in [-0.2, 0) is 11.3 Å². The van der Waals surface area contributed by atoms with Crippen LogP contribution in [-0.4, -0.2) is 64.0 Å². The second-order valence-corrected chi connectivity index (χ2v) is 7.90. The molecule has 7 heteroatoms. The van der Waals surface area contributed by atoms with Gasteiger partial charge in [-0.25, -0.2) is 4.68 Å². The molecule has 7 nitrogen and oxygen atoms in total. The van der Waals surface area contributed by atoms with E-state index >= 15 is 0 Å². The fourth-order valence-electron chi connectivity index (χ4n) is 4.31. The lowest BCUT2D eigenvalue weighted by atomic mass is 10.0. The molecule has 0 aliphatic carbocycles. The first-order chi connectivity index (χ1) is 13.2. The highest BCUT2D eigenvalue weighted by Crippen LogP contribution is 2.29. The maximum atomic E-state index is 5.79. The molecule has 2 aliphatic rings. The molecule has 4 rings (SSSR count). The Morgan fingerprint density at radius 2 is 1.89 bits per heavy atom. The first-order valence-electron chi connectivity index (χ1n) is 10.1. The molecular formula is C20H30N6O. The molecule has 3 heterocycles. The highest BCUT2D eigenvalue weighted by atomic mass is 16.5. The number of hydrogen-bond acceptors (Lipinski definition) is 6. The largest absolute Gasteiger partial charge is 0.376 e. The monoisotopic (exact) mass is 370 g/mol. The van der Waals surface area contributed by atoms with E-state index in [-0.39, 0.29) is 12.1 Å². The van der Waals surface area contributed by atoms with Gasteiger partial charge in [-0.1, -0.05) is 32.0 Å². The van der Waals surface area contributed by atoms with Crippen molar-refractivity contribution in [2.45, 2.75) is 45.4 Å². The molecule has 0 amide bonds. The van der Waals surface area contributed by atoms with Crippen molar-refractivity contribution in [2.24, 2.45) is 5.92 Å². The number of piperazine rings is 1. The second-order valence-electron chi connectivity index (χ2n) is 7.90. The Bertz CT molecular complexity index is 704. The van der Waals surface area contributed by atoms with Crippen LogP contribution in [0, 0.1) is 5.92 Å². The summed E-state index contributed by atoms with van der Waals surface area (Å²) in [4.78, 5) is 5.00. The van der Waals surface area contributed by atoms with Gasteiger partial charge in [0, 0.05) is 38.5 Å². The number of nitrogens with zero attached hydrogens (tertiary/aromatic N) is 6. The van der Waals surface area contributed by atoms with Gasteiger partial charge in [0.15, 0.2) is 5.82 Å². The summed E-state index contributed by atoms with van der Waals surface area (Å²) in [5, 5.41) is 12.7. The van der Waals surface area contributed by atoms with E-state index in [1.54, 1.807) is 0 Å². The third-order valence-corrected chi connectivity index (χ3v) is 5.69. The lowest BCUT2D eigenvalue weighted by molar-refractivity contribution is 0.0865. The molecule has 2 aliphatic heterocycles. The average Bonchev–Trinajstić information content (AvgIpc) is 3.36. The normalized spacial score (nSPS) is 22.5. The smallest absolute Gasteiger partial charge is 0.168 e. The van der Waals surface area contributed by atoms with Crippen molar-refractivity contribution in [3.63, 3.8) is 0 Å². The Morgan fingerprint density at radius 3 is 2.56 bits per heavy atom. The molecule has 0 N–H and O–H groups in total. The van der Waals surface area contributed by atoms with Crippen LogP contribution in [0.4, 0.5) is 5.69 Å². The van der Waals surface area contributed by atoms with Crippen LogP contribution in [0.3, 0.4) is 0 Å². The van der Waals surface area contributed by atoms with Crippen molar-refractivity contribution >= 4 is 5.69 Å². The van der Waals surface area contributed by atoms with Crippen molar-refractivity contribution in [3.8, 4) is 0 Å². The van der Waals surface area contributed by atoms with Gasteiger partial charge in [0.05, 0.1) is 18.7 Å². The minimum atomic E-state index is 0.235. The minimum absolute atomic E-state index is 0.235. The number of hydrogen-bond donors (Lipinski definition) is 0. The van der Waals surface area contributed by atoms with E-state index in [0.717, 1.165) is 58.0 Å². The number of ether oxygens (including phenoxy) is 1. The zero-order valence-corrected chi connectivity index (χ0v) is 16.4. The second kappa shape index (κ2) is 8.35. The SMILES string of the molecule is CC(C)[C@@H](c1nnnn1C[C@H]1CCCO1)N1CCN(c2ccccc2)CC1. The Morgan fingerprint density at radius 1 is 1.11 bits per heavy atom. The quantitative estimate of drug-likeness (QED) is 0.778. The molecule has 2 aromatic rings. The summed E-state index contributed by atoms with van der Waals surface area (Å²) in [6.45, 7) is 10.2. The molecule has 2 fully saturated rings. The van der Waals surface area contributed by atoms with Crippen LogP contribution < -0.4 is 4.90 Å². The summed E-state index contributed by atoms with van der Waals surface area (Å²) in [6, 6.07) is 10.9. The van der Waals surface area contributed by atoms with Crippen LogP contribution in [0.2, 0.25) is 0 Å². The maximum absolute atomic E-state index is 5.79. The van der Waals surface area contributed by atoms with E-state index in [1.165, 1.54) is 5.69 Å². The van der Waals surface area contributed by atoms with Gasteiger partial charge in [-0.2, -0.15) is 0 Å². The Labute approximate surface area is 161 Å². The average molecular weight is 371 g/mol. The van der Waals surface area contributed by atoms with Gasteiger partial charge in [0.2, 0.25) is 0 Å². The lowest BCUT2D eigenvalue weighted by Crippen LogP contribution is -2.49. The molecule has 146 valence electrons. The summed E-state index contributed by atoms with van der Waals surface area (Å²) in [7, 11) is 0. The third kappa shape index (κ3) is 4.14. The van der Waals surface area contributed by atoms with Crippen molar-refractivity contribution in [3.05, 3.63) is 36.2 Å². The van der Waals surface area contributed by atoms with E-state index in [9.17, 15) is 0 Å². The standard InChI is InChI=1S/C20H30N6O/c1-16(2)19(20-21-22-23-26(20)15-18-9-6-14-27-18)25-12-10-24(11-13-25)17-7-4-3-5-8-17/h3-5,7-8,16,18-19H,6,9-15H2,1-2H3/t18-,19+/m1/s1. The molecule has 1 aromatic carbocycles. The van der Waals surface area contributed by atoms with Crippen LogP contribution in [0.5, 0.6) is 0 Å². The molecule has 0 bridgehead atoms. The zero-order chi connectivity index (χ0) is 18.6. The van der Waals surface area contributed by atoms with Gasteiger partial charge >= 0.3 is 0 Å². The maximum Gasteiger partial charge on any atom is 0.168 e. The highest BCUT2D eigenvalue weighted by Gasteiger charge is 2.32. The number of aromatic nitrogens is 4. The molecule has 2 saturated heterocycles. The number of rotatable bonds is 6. The van der Waals surface area contributed by atoms with Crippen LogP contribution in [0.25, 0.3) is 0 Å². The number of tetrazole rings is 1. The van der Waals surface area contributed by atoms with Gasteiger partial charge in [0.1, 0.15) is 0 Å². The van der Waals surface area contributed by atoms with Crippen LogP contribution >= 0.6 is 0 Å². The van der Waals surface area contributed by atoms with E-state index in [2.05, 4.69) is 69.5 Å². The first kappa shape index (κ1) is 18.4. The lowest BCUT2D eigenvalue weighted by Gasteiger charge is -2.41. The molecular weight excluding hydrogens is 340 g/mol. The highest BCUT2D eigenvalue weighted by molar-refractivity contribution is 5.46. The van der Waals surface area contributed by atoms with Crippen LogP contribution in [0.15, 0.2) is 30.3 Å². The van der Waals surface area contributed by atoms with Crippen molar-refractivity contribution in [2.75, 3.05) is 37.7 Å². The predicted molar refractivity (Wildman–Crippen MR) is 105 cm³/mol. The molecule has 0 radical (unpaired) electrons. The zero-order valence-electron chi connectivity index (χ0n) is 16.4. The van der Waals surface area contributed by atoms with Crippen molar-refractivity contribution < 1.29 is 4.74 Å². The van der Waals surface area contributed by atoms with E-state index in [4.69, 9.17) is 4.74 Å². The third-order valence-electron chi connectivity index (χ3n) is 5.69. The van der Waals surface area contributed by atoms with E-state index in [1.807, 2.05) is 4.68 Å². The Balaban J connectivity index is 1.45. The van der Waals surface area contributed by atoms with E-state index < -0.39 is 0 Å². The van der Waals surface area contributed by atoms with Crippen LogP contribution in [0.1, 0.15) is 38.6 Å². The Kier molecular flexibility index (Phi) is 5.69. The fourth-order valence-corrected chi connectivity index (χ4v) is 4.31. The van der Waals surface area contributed by atoms with Gasteiger partial charge < -0.3 is 9.64 Å². The number of benzene rings is 1.